The van der Waals surface area contributed by atoms with Crippen LogP contribution in [0.3, 0.4) is 0 Å². The monoisotopic (exact) mass is 477 g/mol. The summed E-state index contributed by atoms with van der Waals surface area (Å²) in [6.45, 7) is 0.260. The van der Waals surface area contributed by atoms with Gasteiger partial charge in [0.05, 0.1) is 18.1 Å². The van der Waals surface area contributed by atoms with Gasteiger partial charge >= 0.3 is 0 Å². The summed E-state index contributed by atoms with van der Waals surface area (Å²) in [5, 5.41) is 2.84. The number of imidazole rings is 1. The molecule has 3 aromatic rings. The van der Waals surface area contributed by atoms with Gasteiger partial charge in [0.15, 0.2) is 0 Å². The molecule has 4 rings (SSSR count). The van der Waals surface area contributed by atoms with Crippen LogP contribution in [0.5, 0.6) is 5.75 Å². The Kier molecular flexibility index (Phi) is 7.33. The van der Waals surface area contributed by atoms with Crippen LogP contribution in [0.2, 0.25) is 0 Å². The van der Waals surface area contributed by atoms with Crippen molar-refractivity contribution in [1.29, 1.82) is 0 Å². The number of nitrogens with zero attached hydrogens (tertiary/aromatic N) is 3. The average Bonchev–Trinajstić information content (AvgIpc) is 3.22. The molecule has 1 aliphatic carbocycles. The first-order valence-electron chi connectivity index (χ1n) is 11.9. The van der Waals surface area contributed by atoms with Gasteiger partial charge in [0, 0.05) is 37.2 Å². The van der Waals surface area contributed by atoms with Gasteiger partial charge in [0.1, 0.15) is 5.75 Å². The summed E-state index contributed by atoms with van der Waals surface area (Å²) in [5.41, 5.74) is 7.86. The third-order valence-electron chi connectivity index (χ3n) is 6.54. The van der Waals surface area contributed by atoms with E-state index in [1.807, 2.05) is 18.2 Å². The molecule has 1 fully saturated rings. The molecule has 3 amide bonds. The molecule has 35 heavy (non-hydrogen) atoms. The van der Waals surface area contributed by atoms with Crippen molar-refractivity contribution in [2.75, 3.05) is 24.4 Å². The first-order valence-corrected chi connectivity index (χ1v) is 11.9. The zero-order valence-corrected chi connectivity index (χ0v) is 20.1. The highest BCUT2D eigenvalue weighted by Gasteiger charge is 2.25. The number of nitrogens with two attached hydrogens (primary N) is 1. The number of nitrogens with one attached hydrogen (secondary N) is 1. The number of rotatable bonds is 8. The smallest absolute Gasteiger partial charge is 0.258 e. The lowest BCUT2D eigenvalue weighted by Crippen LogP contribution is -2.33. The molecule has 0 radical (unpaired) electrons. The molecule has 9 heteroatoms. The van der Waals surface area contributed by atoms with E-state index in [4.69, 9.17) is 10.5 Å². The lowest BCUT2D eigenvalue weighted by Gasteiger charge is -2.26. The Morgan fingerprint density at radius 2 is 1.91 bits per heavy atom. The highest BCUT2D eigenvalue weighted by atomic mass is 16.5. The van der Waals surface area contributed by atoms with E-state index in [-0.39, 0.29) is 30.7 Å². The number of hydrogen-bond acceptors (Lipinski definition) is 5. The van der Waals surface area contributed by atoms with Gasteiger partial charge in [-0.05, 0) is 49.2 Å². The van der Waals surface area contributed by atoms with Crippen LogP contribution >= 0.6 is 0 Å². The third kappa shape index (κ3) is 5.45. The fraction of sp³-hybridized carbons (Fsp3) is 0.385. The molecule has 2 aromatic carbocycles. The molecule has 0 spiro atoms. The minimum atomic E-state index is -0.452. The largest absolute Gasteiger partial charge is 0.497 e. The van der Waals surface area contributed by atoms with E-state index in [9.17, 15) is 14.4 Å². The quantitative estimate of drug-likeness (QED) is 0.512. The molecule has 1 heterocycles. The molecule has 1 saturated carbocycles. The number of carbonyl (C=O) groups excluding carboxylic acids is 3. The normalized spacial score (nSPS) is 14.0. The molecule has 0 atom stereocenters. The fourth-order valence-corrected chi connectivity index (χ4v) is 4.56. The number of ether oxygens (including phenoxy) is 1. The van der Waals surface area contributed by atoms with Crippen molar-refractivity contribution in [2.24, 2.45) is 11.7 Å². The van der Waals surface area contributed by atoms with Crippen molar-refractivity contribution >= 4 is 40.4 Å². The molecule has 0 bridgehead atoms. The molecule has 0 aliphatic heterocycles. The number of aromatic nitrogens is 2. The lowest BCUT2D eigenvalue weighted by molar-refractivity contribution is -0.123. The van der Waals surface area contributed by atoms with E-state index in [1.54, 1.807) is 40.8 Å². The van der Waals surface area contributed by atoms with Crippen LogP contribution < -0.4 is 20.7 Å². The van der Waals surface area contributed by atoms with Crippen molar-refractivity contribution < 1.29 is 19.1 Å². The van der Waals surface area contributed by atoms with Gasteiger partial charge in [-0.3, -0.25) is 19.7 Å². The second-order valence-electron chi connectivity index (χ2n) is 8.89. The van der Waals surface area contributed by atoms with Crippen LogP contribution in [0.4, 0.5) is 11.6 Å². The van der Waals surface area contributed by atoms with Crippen molar-refractivity contribution in [3.05, 3.63) is 48.0 Å². The molecule has 1 aliphatic rings. The zero-order valence-electron chi connectivity index (χ0n) is 20.1. The van der Waals surface area contributed by atoms with Gasteiger partial charge in [-0.15, -0.1) is 0 Å². The fourth-order valence-electron chi connectivity index (χ4n) is 4.56. The summed E-state index contributed by atoms with van der Waals surface area (Å²) in [5.74, 6) is 0.220. The van der Waals surface area contributed by atoms with E-state index < -0.39 is 5.91 Å². The second kappa shape index (κ2) is 10.6. The predicted octanol–water partition coefficient (Wildman–Crippen LogP) is 3.72. The van der Waals surface area contributed by atoms with E-state index in [1.165, 1.54) is 13.5 Å². The highest BCUT2D eigenvalue weighted by Crippen LogP contribution is 2.29. The predicted molar refractivity (Wildman–Crippen MR) is 134 cm³/mol. The molecule has 3 N–H and O–H groups in total. The maximum Gasteiger partial charge on any atom is 0.258 e. The maximum absolute atomic E-state index is 13.0. The number of aryl methyl sites for hydroxylation is 1. The first-order chi connectivity index (χ1) is 16.9. The van der Waals surface area contributed by atoms with E-state index in [0.717, 1.165) is 36.9 Å². The third-order valence-corrected chi connectivity index (χ3v) is 6.54. The number of fused-ring (bicyclic) bond motifs is 1. The molecule has 0 unspecified atom stereocenters. The highest BCUT2D eigenvalue weighted by molar-refractivity contribution is 6.04. The molecule has 1 aromatic heterocycles. The first kappa shape index (κ1) is 24.3. The van der Waals surface area contributed by atoms with Gasteiger partial charge in [0.2, 0.25) is 17.8 Å². The minimum absolute atomic E-state index is 0.0512. The Labute approximate surface area is 204 Å². The number of benzene rings is 2. The number of hydrogen-bond donors (Lipinski definition) is 2. The molecule has 9 nitrogen and oxygen atoms in total. The molecular weight excluding hydrogens is 446 g/mol. The lowest BCUT2D eigenvalue weighted by atomic mass is 9.88. The summed E-state index contributed by atoms with van der Waals surface area (Å²) >= 11 is 0. The summed E-state index contributed by atoms with van der Waals surface area (Å²) in [7, 11) is 3.32. The Hall–Kier alpha value is -3.88. The van der Waals surface area contributed by atoms with Crippen LogP contribution in [0.25, 0.3) is 11.0 Å². The van der Waals surface area contributed by atoms with Gasteiger partial charge in [-0.2, -0.15) is 0 Å². The maximum atomic E-state index is 13.0. The Morgan fingerprint density at radius 1 is 1.14 bits per heavy atom. The second-order valence-corrected chi connectivity index (χ2v) is 8.89. The van der Waals surface area contributed by atoms with Crippen LogP contribution in [-0.4, -0.2) is 41.4 Å². The van der Waals surface area contributed by atoms with Gasteiger partial charge in [-0.1, -0.05) is 25.3 Å². The SMILES string of the molecule is COc1cccc(C(=O)Nc2nc3cc(N(C)C(=O)C4CCCCC4)ccc3n2CCC(N)=O)c1. The number of anilines is 2. The zero-order chi connectivity index (χ0) is 24.9. The topological polar surface area (TPSA) is 120 Å². The molecule has 184 valence electrons. The molecule has 0 saturated heterocycles. The number of amides is 3. The van der Waals surface area contributed by atoms with E-state index in [2.05, 4.69) is 10.3 Å². The van der Waals surface area contributed by atoms with Crippen molar-refractivity contribution in [2.45, 2.75) is 45.1 Å². The van der Waals surface area contributed by atoms with Crippen LogP contribution in [0.1, 0.15) is 48.9 Å². The van der Waals surface area contributed by atoms with E-state index in [0.29, 0.717) is 22.8 Å². The number of carbonyl (C=O) groups is 3. The number of methoxy groups -OCH3 is 1. The summed E-state index contributed by atoms with van der Waals surface area (Å²) in [4.78, 5) is 43.7. The van der Waals surface area contributed by atoms with Crippen LogP contribution in [-0.2, 0) is 16.1 Å². The van der Waals surface area contributed by atoms with Gasteiger partial charge in [0.25, 0.3) is 5.91 Å². The van der Waals surface area contributed by atoms with Crippen molar-refractivity contribution in [1.82, 2.24) is 9.55 Å². The number of primary amides is 1. The summed E-state index contributed by atoms with van der Waals surface area (Å²) in [6.07, 6.45) is 5.30. The van der Waals surface area contributed by atoms with Crippen LogP contribution in [0.15, 0.2) is 42.5 Å². The Bertz CT molecular complexity index is 1250. The van der Waals surface area contributed by atoms with Gasteiger partial charge < -0.3 is 19.9 Å². The standard InChI is InChI=1S/C26H31N5O4/c1-30(25(34)17-7-4-3-5-8-17)19-11-12-22-21(16-19)28-26(31(22)14-13-23(27)32)29-24(33)18-9-6-10-20(15-18)35-2/h6,9-12,15-17H,3-5,7-8,13-14H2,1-2H3,(H2,27,32)(H,28,29,33). The molecular formula is C26H31N5O4. The van der Waals surface area contributed by atoms with E-state index >= 15 is 0 Å². The Balaban J connectivity index is 1.64. The summed E-state index contributed by atoms with van der Waals surface area (Å²) in [6, 6.07) is 12.3. The average molecular weight is 478 g/mol. The Morgan fingerprint density at radius 3 is 2.63 bits per heavy atom. The minimum Gasteiger partial charge on any atom is -0.497 e. The summed E-state index contributed by atoms with van der Waals surface area (Å²) < 4.78 is 6.96. The van der Waals surface area contributed by atoms with Crippen LogP contribution in [0, 0.1) is 5.92 Å². The van der Waals surface area contributed by atoms with Crippen molar-refractivity contribution in [3.8, 4) is 5.75 Å². The van der Waals surface area contributed by atoms with Crippen molar-refractivity contribution in [3.63, 3.8) is 0 Å². The van der Waals surface area contributed by atoms with Gasteiger partial charge in [-0.25, -0.2) is 4.98 Å².